The first-order chi connectivity index (χ1) is 11.5. The number of nitrogens with zero attached hydrogens (tertiary/aromatic N) is 2. The summed E-state index contributed by atoms with van der Waals surface area (Å²) < 4.78 is 31.7. The Bertz CT molecular complexity index is 810. The molecule has 0 atom stereocenters. The van der Waals surface area contributed by atoms with Crippen molar-refractivity contribution in [3.8, 4) is 0 Å². The van der Waals surface area contributed by atoms with Crippen molar-refractivity contribution >= 4 is 33.0 Å². The van der Waals surface area contributed by atoms with Crippen LogP contribution in [0.1, 0.15) is 10.4 Å². The first-order valence-corrected chi connectivity index (χ1v) is 9.81. The Balaban J connectivity index is 1.71. The van der Waals surface area contributed by atoms with Crippen LogP contribution in [0.3, 0.4) is 0 Å². The van der Waals surface area contributed by atoms with Crippen LogP contribution in [0.5, 0.6) is 0 Å². The third-order valence-electron chi connectivity index (χ3n) is 3.96. The molecule has 24 heavy (non-hydrogen) atoms. The van der Waals surface area contributed by atoms with E-state index in [0.717, 1.165) is 5.69 Å². The van der Waals surface area contributed by atoms with Crippen LogP contribution in [-0.2, 0) is 14.8 Å². The molecule has 0 amide bonds. The van der Waals surface area contributed by atoms with Gasteiger partial charge in [-0.3, -0.25) is 0 Å². The Morgan fingerprint density at radius 2 is 1.88 bits per heavy atom. The second-order valence-electron chi connectivity index (χ2n) is 5.37. The summed E-state index contributed by atoms with van der Waals surface area (Å²) in [6.45, 7) is 2.00. The third-order valence-corrected chi connectivity index (χ3v) is 7.23. The number of carbonyl (C=O) groups is 1. The Kier molecular flexibility index (Phi) is 4.88. The second-order valence-corrected chi connectivity index (χ2v) is 8.48. The lowest BCUT2D eigenvalue weighted by Gasteiger charge is -2.35. The largest absolute Gasteiger partial charge is 0.465 e. The molecular formula is C16H18N2O4S2. The van der Waals surface area contributed by atoms with Gasteiger partial charge in [0.2, 0.25) is 0 Å². The zero-order valence-corrected chi connectivity index (χ0v) is 14.8. The minimum atomic E-state index is -3.40. The molecule has 0 bridgehead atoms. The minimum absolute atomic E-state index is 0.378. The molecule has 1 aromatic carbocycles. The number of piperazine rings is 1. The number of esters is 1. The number of sulfonamides is 1. The molecule has 0 saturated carbocycles. The maximum absolute atomic E-state index is 12.5. The number of benzene rings is 1. The molecular weight excluding hydrogens is 348 g/mol. The van der Waals surface area contributed by atoms with Crippen LogP contribution in [0.4, 0.5) is 5.69 Å². The monoisotopic (exact) mass is 366 g/mol. The van der Waals surface area contributed by atoms with Crippen molar-refractivity contribution in [3.05, 3.63) is 47.3 Å². The number of methoxy groups -OCH3 is 1. The average Bonchev–Trinajstić information content (AvgIpc) is 3.17. The van der Waals surface area contributed by atoms with Crippen LogP contribution in [0.15, 0.2) is 46.0 Å². The number of anilines is 1. The summed E-state index contributed by atoms with van der Waals surface area (Å²) in [5.41, 5.74) is 1.38. The predicted octanol–water partition coefficient (Wildman–Crippen LogP) is 2.05. The highest BCUT2D eigenvalue weighted by atomic mass is 32.2. The number of thiophene rings is 1. The van der Waals surface area contributed by atoms with E-state index in [1.807, 2.05) is 6.07 Å². The van der Waals surface area contributed by atoms with Crippen LogP contribution >= 0.6 is 11.3 Å². The van der Waals surface area contributed by atoms with E-state index in [4.69, 9.17) is 4.74 Å². The number of hydrogen-bond donors (Lipinski definition) is 0. The average molecular weight is 366 g/mol. The molecule has 1 aliphatic rings. The van der Waals surface area contributed by atoms with Gasteiger partial charge in [-0.1, -0.05) is 12.1 Å². The topological polar surface area (TPSA) is 66.9 Å². The van der Waals surface area contributed by atoms with Crippen LogP contribution in [0.2, 0.25) is 0 Å². The van der Waals surface area contributed by atoms with Gasteiger partial charge in [0.15, 0.2) is 0 Å². The van der Waals surface area contributed by atoms with Crippen molar-refractivity contribution in [2.24, 2.45) is 0 Å². The second kappa shape index (κ2) is 6.92. The first kappa shape index (κ1) is 16.9. The summed E-state index contributed by atoms with van der Waals surface area (Å²) in [5, 5.41) is 1.77. The summed E-state index contributed by atoms with van der Waals surface area (Å²) in [6, 6.07) is 10.6. The van der Waals surface area contributed by atoms with Crippen molar-refractivity contribution in [3.63, 3.8) is 0 Å². The standard InChI is InChI=1S/C16H18N2O4S2/c1-22-16(19)13-4-2-5-14(12-13)17-7-9-18(10-8-17)24(20,21)15-6-3-11-23-15/h2-6,11-12H,7-10H2,1H3. The van der Waals surface area contributed by atoms with E-state index < -0.39 is 10.0 Å². The van der Waals surface area contributed by atoms with Crippen molar-refractivity contribution in [1.82, 2.24) is 4.31 Å². The van der Waals surface area contributed by atoms with Crippen LogP contribution in [0.25, 0.3) is 0 Å². The highest BCUT2D eigenvalue weighted by Crippen LogP contribution is 2.24. The van der Waals surface area contributed by atoms with Gasteiger partial charge in [0.05, 0.1) is 12.7 Å². The van der Waals surface area contributed by atoms with Gasteiger partial charge in [-0.15, -0.1) is 11.3 Å². The van der Waals surface area contributed by atoms with E-state index in [1.165, 1.54) is 22.8 Å². The Hall–Kier alpha value is -1.90. The molecule has 0 spiro atoms. The first-order valence-electron chi connectivity index (χ1n) is 7.49. The van der Waals surface area contributed by atoms with E-state index >= 15 is 0 Å². The number of hydrogen-bond acceptors (Lipinski definition) is 6. The van der Waals surface area contributed by atoms with E-state index in [0.29, 0.717) is 36.0 Å². The fraction of sp³-hybridized carbons (Fsp3) is 0.312. The van der Waals surface area contributed by atoms with Crippen LogP contribution < -0.4 is 4.90 Å². The van der Waals surface area contributed by atoms with E-state index in [1.54, 1.807) is 35.7 Å². The highest BCUT2D eigenvalue weighted by molar-refractivity contribution is 7.91. The van der Waals surface area contributed by atoms with Gasteiger partial charge in [0.1, 0.15) is 4.21 Å². The lowest BCUT2D eigenvalue weighted by molar-refractivity contribution is 0.0600. The van der Waals surface area contributed by atoms with Gasteiger partial charge in [0.25, 0.3) is 10.0 Å². The normalized spacial score (nSPS) is 16.1. The number of carbonyl (C=O) groups excluding carboxylic acids is 1. The molecule has 0 N–H and O–H groups in total. The molecule has 2 heterocycles. The molecule has 1 fully saturated rings. The van der Waals surface area contributed by atoms with Gasteiger partial charge in [-0.05, 0) is 29.6 Å². The summed E-state index contributed by atoms with van der Waals surface area (Å²) in [5.74, 6) is -0.379. The van der Waals surface area contributed by atoms with Crippen molar-refractivity contribution in [2.75, 3.05) is 38.2 Å². The van der Waals surface area contributed by atoms with Crippen molar-refractivity contribution in [2.45, 2.75) is 4.21 Å². The molecule has 0 radical (unpaired) electrons. The van der Waals surface area contributed by atoms with Crippen LogP contribution in [-0.4, -0.2) is 52.0 Å². The van der Waals surface area contributed by atoms with Gasteiger partial charge < -0.3 is 9.64 Å². The quantitative estimate of drug-likeness (QED) is 0.775. The van der Waals surface area contributed by atoms with Gasteiger partial charge in [0, 0.05) is 31.9 Å². The molecule has 6 nitrogen and oxygen atoms in total. The molecule has 0 unspecified atom stereocenters. The van der Waals surface area contributed by atoms with E-state index in [-0.39, 0.29) is 5.97 Å². The molecule has 0 aliphatic carbocycles. The van der Waals surface area contributed by atoms with Gasteiger partial charge in [-0.2, -0.15) is 4.31 Å². The SMILES string of the molecule is COC(=O)c1cccc(N2CCN(S(=O)(=O)c3cccs3)CC2)c1. The van der Waals surface area contributed by atoms with Gasteiger partial charge in [-0.25, -0.2) is 13.2 Å². The maximum atomic E-state index is 12.5. The summed E-state index contributed by atoms with van der Waals surface area (Å²) >= 11 is 1.23. The summed E-state index contributed by atoms with van der Waals surface area (Å²) in [7, 11) is -2.05. The molecule has 1 aromatic heterocycles. The Morgan fingerprint density at radius 1 is 1.12 bits per heavy atom. The Morgan fingerprint density at radius 3 is 2.50 bits per heavy atom. The zero-order valence-electron chi connectivity index (χ0n) is 13.2. The molecule has 1 aliphatic heterocycles. The zero-order chi connectivity index (χ0) is 17.2. The fourth-order valence-electron chi connectivity index (χ4n) is 2.67. The highest BCUT2D eigenvalue weighted by Gasteiger charge is 2.29. The molecule has 8 heteroatoms. The predicted molar refractivity (Wildman–Crippen MR) is 93.1 cm³/mol. The number of rotatable bonds is 4. The van der Waals surface area contributed by atoms with Crippen molar-refractivity contribution in [1.29, 1.82) is 0 Å². The Labute approximate surface area is 145 Å². The van der Waals surface area contributed by atoms with Crippen LogP contribution in [0, 0.1) is 0 Å². The van der Waals surface area contributed by atoms with E-state index in [9.17, 15) is 13.2 Å². The van der Waals surface area contributed by atoms with Crippen molar-refractivity contribution < 1.29 is 17.9 Å². The maximum Gasteiger partial charge on any atom is 0.337 e. The lowest BCUT2D eigenvalue weighted by atomic mass is 10.2. The molecule has 2 aromatic rings. The summed E-state index contributed by atoms with van der Waals surface area (Å²) in [6.07, 6.45) is 0. The molecule has 1 saturated heterocycles. The van der Waals surface area contributed by atoms with E-state index in [2.05, 4.69) is 4.90 Å². The minimum Gasteiger partial charge on any atom is -0.465 e. The number of ether oxygens (including phenoxy) is 1. The fourth-order valence-corrected chi connectivity index (χ4v) is 5.24. The summed E-state index contributed by atoms with van der Waals surface area (Å²) in [4.78, 5) is 13.7. The molecule has 128 valence electrons. The lowest BCUT2D eigenvalue weighted by Crippen LogP contribution is -2.48. The van der Waals surface area contributed by atoms with Gasteiger partial charge >= 0.3 is 5.97 Å². The molecule has 3 rings (SSSR count). The third kappa shape index (κ3) is 3.31. The smallest absolute Gasteiger partial charge is 0.337 e.